The molecule has 0 aliphatic rings. The van der Waals surface area contributed by atoms with Gasteiger partial charge in [0.15, 0.2) is 0 Å². The fraction of sp³-hybridized carbons (Fsp3) is 0.333. The van der Waals surface area contributed by atoms with E-state index >= 15 is 0 Å². The highest BCUT2D eigenvalue weighted by atomic mass is 15.5. The Labute approximate surface area is 95.1 Å². The molecule has 0 aliphatic carbocycles. The topological polar surface area (TPSA) is 56.7 Å². The first kappa shape index (κ1) is 10.7. The van der Waals surface area contributed by atoms with Crippen LogP contribution in [0.5, 0.6) is 0 Å². The van der Waals surface area contributed by atoms with Gasteiger partial charge in [0.1, 0.15) is 0 Å². The average molecular weight is 216 g/mol. The molecule has 0 spiro atoms. The van der Waals surface area contributed by atoms with Crippen molar-refractivity contribution in [2.75, 3.05) is 5.73 Å². The zero-order valence-corrected chi connectivity index (χ0v) is 9.64. The minimum Gasteiger partial charge on any atom is -0.399 e. The smallest absolute Gasteiger partial charge is 0.0861 e. The van der Waals surface area contributed by atoms with Crippen LogP contribution in [0.3, 0.4) is 0 Å². The monoisotopic (exact) mass is 216 g/mol. The zero-order valence-electron chi connectivity index (χ0n) is 9.64. The van der Waals surface area contributed by atoms with Gasteiger partial charge in [-0.15, -0.1) is 0 Å². The van der Waals surface area contributed by atoms with E-state index in [1.807, 2.05) is 24.3 Å². The molecule has 0 amide bonds. The van der Waals surface area contributed by atoms with E-state index in [0.717, 1.165) is 35.6 Å². The van der Waals surface area contributed by atoms with Gasteiger partial charge in [0.2, 0.25) is 0 Å². The maximum absolute atomic E-state index is 5.64. The van der Waals surface area contributed by atoms with Crippen molar-refractivity contribution in [1.82, 2.24) is 15.0 Å². The number of hydrogen-bond donors (Lipinski definition) is 1. The van der Waals surface area contributed by atoms with Crippen LogP contribution in [0, 0.1) is 0 Å². The molecule has 0 unspecified atom stereocenters. The first-order chi connectivity index (χ1) is 7.74. The minimum atomic E-state index is 0.752. The van der Waals surface area contributed by atoms with Crippen molar-refractivity contribution in [2.24, 2.45) is 0 Å². The molecule has 0 saturated heterocycles. The van der Waals surface area contributed by atoms with E-state index < -0.39 is 0 Å². The largest absolute Gasteiger partial charge is 0.399 e. The van der Waals surface area contributed by atoms with Gasteiger partial charge in [0, 0.05) is 5.69 Å². The summed E-state index contributed by atoms with van der Waals surface area (Å²) in [5, 5.41) is 8.93. The predicted octanol–water partition coefficient (Wildman–Crippen LogP) is 1.97. The van der Waals surface area contributed by atoms with Crippen LogP contribution in [0.4, 0.5) is 5.69 Å². The van der Waals surface area contributed by atoms with Crippen LogP contribution in [0.1, 0.15) is 25.2 Å². The summed E-state index contributed by atoms with van der Waals surface area (Å²) >= 11 is 0. The number of benzene rings is 1. The molecule has 1 aromatic heterocycles. The average Bonchev–Trinajstić information content (AvgIpc) is 2.73. The summed E-state index contributed by atoms with van der Waals surface area (Å²) in [6.45, 7) is 4.19. The first-order valence-corrected chi connectivity index (χ1v) is 5.55. The molecule has 0 bridgehead atoms. The Hall–Kier alpha value is -1.84. The lowest BCUT2D eigenvalue weighted by Crippen LogP contribution is -1.99. The van der Waals surface area contributed by atoms with Gasteiger partial charge in [-0.3, -0.25) is 0 Å². The van der Waals surface area contributed by atoms with Crippen LogP contribution in [-0.2, 0) is 12.8 Å². The summed E-state index contributed by atoms with van der Waals surface area (Å²) in [5.41, 5.74) is 9.48. The highest BCUT2D eigenvalue weighted by molar-refractivity contribution is 5.44. The van der Waals surface area contributed by atoms with E-state index in [-0.39, 0.29) is 0 Å². The summed E-state index contributed by atoms with van der Waals surface area (Å²) in [5.74, 6) is 0. The molecule has 84 valence electrons. The summed E-state index contributed by atoms with van der Waals surface area (Å²) < 4.78 is 0. The van der Waals surface area contributed by atoms with Crippen LogP contribution < -0.4 is 5.73 Å². The molecule has 2 rings (SSSR count). The molecule has 0 fully saturated rings. The van der Waals surface area contributed by atoms with Crippen molar-refractivity contribution in [2.45, 2.75) is 26.7 Å². The number of rotatable bonds is 3. The van der Waals surface area contributed by atoms with Crippen molar-refractivity contribution in [3.63, 3.8) is 0 Å². The first-order valence-electron chi connectivity index (χ1n) is 5.55. The Morgan fingerprint density at radius 3 is 1.94 bits per heavy atom. The highest BCUT2D eigenvalue weighted by Crippen LogP contribution is 2.12. The second kappa shape index (κ2) is 4.35. The molecular formula is C12H16N4. The standard InChI is InChI=1S/C12H16N4/c1-3-11-12(4-2)15-16(14-11)10-7-5-9(13)6-8-10/h5-8H,3-4,13H2,1-2H3. The van der Waals surface area contributed by atoms with Crippen LogP contribution in [0.2, 0.25) is 0 Å². The lowest BCUT2D eigenvalue weighted by atomic mass is 10.2. The van der Waals surface area contributed by atoms with E-state index in [9.17, 15) is 0 Å². The summed E-state index contributed by atoms with van der Waals surface area (Å²) in [6.07, 6.45) is 1.83. The molecule has 0 aliphatic heterocycles. The Morgan fingerprint density at radius 2 is 1.50 bits per heavy atom. The number of anilines is 1. The van der Waals surface area contributed by atoms with Crippen molar-refractivity contribution in [1.29, 1.82) is 0 Å². The Bertz CT molecular complexity index is 449. The molecule has 0 saturated carbocycles. The van der Waals surface area contributed by atoms with Crippen molar-refractivity contribution < 1.29 is 0 Å². The number of nitrogens with zero attached hydrogens (tertiary/aromatic N) is 3. The number of aromatic nitrogens is 3. The number of aryl methyl sites for hydroxylation is 2. The van der Waals surface area contributed by atoms with E-state index in [4.69, 9.17) is 5.73 Å². The van der Waals surface area contributed by atoms with Gasteiger partial charge in [0.25, 0.3) is 0 Å². The van der Waals surface area contributed by atoms with Crippen molar-refractivity contribution >= 4 is 5.69 Å². The molecule has 4 heteroatoms. The van der Waals surface area contributed by atoms with Crippen LogP contribution >= 0.6 is 0 Å². The molecule has 0 radical (unpaired) electrons. The quantitative estimate of drug-likeness (QED) is 0.798. The molecule has 2 aromatic rings. The third-order valence-electron chi connectivity index (χ3n) is 2.56. The highest BCUT2D eigenvalue weighted by Gasteiger charge is 2.08. The Balaban J connectivity index is 2.40. The predicted molar refractivity (Wildman–Crippen MR) is 64.5 cm³/mol. The summed E-state index contributed by atoms with van der Waals surface area (Å²) in [7, 11) is 0. The molecule has 1 heterocycles. The van der Waals surface area contributed by atoms with E-state index in [1.165, 1.54) is 0 Å². The molecule has 0 atom stereocenters. The van der Waals surface area contributed by atoms with E-state index in [0.29, 0.717) is 0 Å². The SMILES string of the molecule is CCc1nn(-c2ccc(N)cc2)nc1CC. The third kappa shape index (κ3) is 1.91. The summed E-state index contributed by atoms with van der Waals surface area (Å²) in [6, 6.07) is 7.56. The van der Waals surface area contributed by atoms with Gasteiger partial charge in [0.05, 0.1) is 17.1 Å². The molecular weight excluding hydrogens is 200 g/mol. The lowest BCUT2D eigenvalue weighted by Gasteiger charge is -1.99. The van der Waals surface area contributed by atoms with Crippen LogP contribution in [0.15, 0.2) is 24.3 Å². The third-order valence-corrected chi connectivity index (χ3v) is 2.56. The van der Waals surface area contributed by atoms with Gasteiger partial charge in [-0.1, -0.05) is 13.8 Å². The molecule has 2 N–H and O–H groups in total. The summed E-state index contributed by atoms with van der Waals surface area (Å²) in [4.78, 5) is 1.68. The maximum Gasteiger partial charge on any atom is 0.0861 e. The van der Waals surface area contributed by atoms with Crippen LogP contribution in [0.25, 0.3) is 5.69 Å². The lowest BCUT2D eigenvalue weighted by molar-refractivity contribution is 0.732. The fourth-order valence-electron chi connectivity index (χ4n) is 1.64. The van der Waals surface area contributed by atoms with Crippen LogP contribution in [-0.4, -0.2) is 15.0 Å². The van der Waals surface area contributed by atoms with Gasteiger partial charge in [-0.25, -0.2) is 0 Å². The van der Waals surface area contributed by atoms with Gasteiger partial charge in [-0.05, 0) is 37.1 Å². The Morgan fingerprint density at radius 1 is 1.00 bits per heavy atom. The Kier molecular flexibility index (Phi) is 2.90. The van der Waals surface area contributed by atoms with E-state index in [2.05, 4.69) is 24.0 Å². The zero-order chi connectivity index (χ0) is 11.5. The van der Waals surface area contributed by atoms with E-state index in [1.54, 1.807) is 4.80 Å². The minimum absolute atomic E-state index is 0.752. The maximum atomic E-state index is 5.64. The molecule has 16 heavy (non-hydrogen) atoms. The number of nitrogens with two attached hydrogens (primary N) is 1. The number of hydrogen-bond acceptors (Lipinski definition) is 3. The van der Waals surface area contributed by atoms with Gasteiger partial charge in [-0.2, -0.15) is 15.0 Å². The normalized spacial score (nSPS) is 10.6. The van der Waals surface area contributed by atoms with Crippen molar-refractivity contribution in [3.8, 4) is 5.69 Å². The number of nitrogen functional groups attached to an aromatic ring is 1. The van der Waals surface area contributed by atoms with Crippen molar-refractivity contribution in [3.05, 3.63) is 35.7 Å². The second-order valence-electron chi connectivity index (χ2n) is 3.68. The molecule has 1 aromatic carbocycles. The second-order valence-corrected chi connectivity index (χ2v) is 3.68. The van der Waals surface area contributed by atoms with Gasteiger partial charge >= 0.3 is 0 Å². The fourth-order valence-corrected chi connectivity index (χ4v) is 1.64. The molecule has 4 nitrogen and oxygen atoms in total. The van der Waals surface area contributed by atoms with Gasteiger partial charge < -0.3 is 5.73 Å².